The molecule has 0 saturated carbocycles. The van der Waals surface area contributed by atoms with Crippen LogP contribution in [-0.4, -0.2) is 33.3 Å². The van der Waals surface area contributed by atoms with Crippen molar-refractivity contribution in [3.05, 3.63) is 71.3 Å². The van der Waals surface area contributed by atoms with Crippen LogP contribution in [0.3, 0.4) is 0 Å². The molecule has 0 radical (unpaired) electrons. The summed E-state index contributed by atoms with van der Waals surface area (Å²) in [6, 6.07) is 11.6. The van der Waals surface area contributed by atoms with Gasteiger partial charge in [-0.1, -0.05) is 30.3 Å². The Bertz CT molecular complexity index is 868. The molecule has 3 rings (SSSR count). The lowest BCUT2D eigenvalue weighted by molar-refractivity contribution is -0.120. The highest BCUT2D eigenvalue weighted by Gasteiger charge is 2.12. The molecule has 2 heterocycles. The minimum Gasteiger partial charge on any atom is -0.355 e. The number of carbonyl (C=O) groups is 2. The van der Waals surface area contributed by atoms with E-state index in [-0.39, 0.29) is 18.2 Å². The molecule has 0 saturated heterocycles. The number of nitrogens with one attached hydrogen (secondary N) is 2. The van der Waals surface area contributed by atoms with Gasteiger partial charge in [-0.05, 0) is 18.1 Å². The van der Waals surface area contributed by atoms with Crippen LogP contribution in [0.1, 0.15) is 21.9 Å². The third-order valence-corrected chi connectivity index (χ3v) is 4.27. The highest BCUT2D eigenvalue weighted by atomic mass is 32.1. The number of benzene rings is 1. The van der Waals surface area contributed by atoms with Gasteiger partial charge in [-0.2, -0.15) is 0 Å². The molecule has 2 aromatic heterocycles. The fraction of sp³-hybridized carbons (Fsp3) is 0.167. The maximum absolute atomic E-state index is 12.0. The molecule has 2 amide bonds. The van der Waals surface area contributed by atoms with Gasteiger partial charge in [-0.3, -0.25) is 14.9 Å². The van der Waals surface area contributed by atoms with Gasteiger partial charge in [0.15, 0.2) is 5.13 Å². The molecule has 2 N–H and O–H groups in total. The Hall–Kier alpha value is -3.13. The molecule has 0 spiro atoms. The van der Waals surface area contributed by atoms with Crippen molar-refractivity contribution in [2.24, 2.45) is 0 Å². The first kappa shape index (κ1) is 17.7. The molecular formula is C18H17N5O2S. The van der Waals surface area contributed by atoms with Crippen molar-refractivity contribution < 1.29 is 9.59 Å². The number of hydrogen-bond donors (Lipinski definition) is 2. The number of nitrogens with zero attached hydrogens (tertiary/aromatic N) is 3. The van der Waals surface area contributed by atoms with Crippen LogP contribution in [0.25, 0.3) is 0 Å². The Balaban J connectivity index is 1.45. The van der Waals surface area contributed by atoms with E-state index < -0.39 is 5.91 Å². The summed E-state index contributed by atoms with van der Waals surface area (Å²) in [4.78, 5) is 36.0. The third-order valence-electron chi connectivity index (χ3n) is 3.46. The highest BCUT2D eigenvalue weighted by molar-refractivity contribution is 7.14. The standard InChI is InChI=1S/C18H17N5O2S/c24-15(19-10-7-13-5-2-1-3-6-13)11-14-12-26-18(22-14)23-17(25)16-20-8-4-9-21-16/h1-6,8-9,12H,7,10-11H2,(H,19,24)(H,22,23,25). The summed E-state index contributed by atoms with van der Waals surface area (Å²) >= 11 is 1.26. The molecule has 26 heavy (non-hydrogen) atoms. The molecule has 1 aromatic carbocycles. The van der Waals surface area contributed by atoms with Crippen LogP contribution in [0.15, 0.2) is 54.2 Å². The minimum atomic E-state index is -0.432. The quantitative estimate of drug-likeness (QED) is 0.666. The van der Waals surface area contributed by atoms with Crippen LogP contribution >= 0.6 is 11.3 Å². The number of thiazole rings is 1. The lowest BCUT2D eigenvalue weighted by Crippen LogP contribution is -2.27. The van der Waals surface area contributed by atoms with Crippen LogP contribution in [0, 0.1) is 0 Å². The average Bonchev–Trinajstić information content (AvgIpc) is 3.10. The molecule has 0 bridgehead atoms. The zero-order valence-electron chi connectivity index (χ0n) is 13.9. The van der Waals surface area contributed by atoms with Crippen molar-refractivity contribution >= 4 is 28.3 Å². The number of carbonyl (C=O) groups excluding carboxylic acids is 2. The Morgan fingerprint density at radius 1 is 1.04 bits per heavy atom. The highest BCUT2D eigenvalue weighted by Crippen LogP contribution is 2.16. The molecule has 0 aliphatic heterocycles. The summed E-state index contributed by atoms with van der Waals surface area (Å²) in [5, 5.41) is 7.66. The predicted octanol–water partition coefficient (Wildman–Crippen LogP) is 2.09. The van der Waals surface area contributed by atoms with Crippen molar-refractivity contribution in [3.63, 3.8) is 0 Å². The number of rotatable bonds is 7. The van der Waals surface area contributed by atoms with E-state index in [1.165, 1.54) is 29.3 Å². The second-order valence-electron chi connectivity index (χ2n) is 5.43. The number of aromatic nitrogens is 3. The SMILES string of the molecule is O=C(Cc1csc(NC(=O)c2ncccn2)n1)NCCc1ccccc1. The minimum absolute atomic E-state index is 0.0721. The summed E-state index contributed by atoms with van der Waals surface area (Å²) in [5.41, 5.74) is 1.78. The van der Waals surface area contributed by atoms with Gasteiger partial charge in [0.25, 0.3) is 5.91 Å². The van der Waals surface area contributed by atoms with E-state index in [1.54, 1.807) is 11.4 Å². The Labute approximate surface area is 154 Å². The van der Waals surface area contributed by atoms with Crippen molar-refractivity contribution in [1.82, 2.24) is 20.3 Å². The molecular weight excluding hydrogens is 350 g/mol. The van der Waals surface area contributed by atoms with Crippen LogP contribution in [0.2, 0.25) is 0 Å². The van der Waals surface area contributed by atoms with Gasteiger partial charge in [0.1, 0.15) is 0 Å². The summed E-state index contributed by atoms with van der Waals surface area (Å²) in [6.45, 7) is 0.571. The maximum atomic E-state index is 12.0. The number of amides is 2. The summed E-state index contributed by atoms with van der Waals surface area (Å²) < 4.78 is 0. The predicted molar refractivity (Wildman–Crippen MR) is 99.0 cm³/mol. The first-order valence-corrected chi connectivity index (χ1v) is 8.92. The van der Waals surface area contributed by atoms with Gasteiger partial charge in [0.2, 0.25) is 11.7 Å². The van der Waals surface area contributed by atoms with E-state index in [2.05, 4.69) is 25.6 Å². The zero-order chi connectivity index (χ0) is 18.2. The smallest absolute Gasteiger partial charge is 0.295 e. The Kier molecular flexibility index (Phi) is 6.00. The normalized spacial score (nSPS) is 10.3. The van der Waals surface area contributed by atoms with Crippen molar-refractivity contribution in [2.75, 3.05) is 11.9 Å². The van der Waals surface area contributed by atoms with Gasteiger partial charge in [-0.15, -0.1) is 11.3 Å². The maximum Gasteiger partial charge on any atom is 0.295 e. The van der Waals surface area contributed by atoms with Gasteiger partial charge in [0, 0.05) is 24.3 Å². The van der Waals surface area contributed by atoms with Crippen molar-refractivity contribution in [3.8, 4) is 0 Å². The first-order valence-electron chi connectivity index (χ1n) is 8.04. The van der Waals surface area contributed by atoms with E-state index in [0.717, 1.165) is 6.42 Å². The molecule has 3 aromatic rings. The van der Waals surface area contributed by atoms with E-state index >= 15 is 0 Å². The first-order chi connectivity index (χ1) is 12.7. The van der Waals surface area contributed by atoms with Crippen LogP contribution in [0.4, 0.5) is 5.13 Å². The molecule has 7 nitrogen and oxygen atoms in total. The molecule has 0 aliphatic carbocycles. The summed E-state index contributed by atoms with van der Waals surface area (Å²) in [6.07, 6.45) is 3.94. The summed E-state index contributed by atoms with van der Waals surface area (Å²) in [7, 11) is 0. The number of anilines is 1. The molecule has 132 valence electrons. The van der Waals surface area contributed by atoms with E-state index in [0.29, 0.717) is 17.4 Å². The fourth-order valence-electron chi connectivity index (χ4n) is 2.23. The van der Waals surface area contributed by atoms with Crippen molar-refractivity contribution in [1.29, 1.82) is 0 Å². The molecule has 0 atom stereocenters. The van der Waals surface area contributed by atoms with Crippen LogP contribution < -0.4 is 10.6 Å². The fourth-order valence-corrected chi connectivity index (χ4v) is 2.94. The van der Waals surface area contributed by atoms with Gasteiger partial charge in [0.05, 0.1) is 12.1 Å². The topological polar surface area (TPSA) is 96.9 Å². The average molecular weight is 367 g/mol. The monoisotopic (exact) mass is 367 g/mol. The van der Waals surface area contributed by atoms with Gasteiger partial charge >= 0.3 is 0 Å². The number of hydrogen-bond acceptors (Lipinski definition) is 6. The van der Waals surface area contributed by atoms with Crippen LogP contribution in [0.5, 0.6) is 0 Å². The Morgan fingerprint density at radius 3 is 2.58 bits per heavy atom. The molecule has 0 unspecified atom stereocenters. The zero-order valence-corrected chi connectivity index (χ0v) is 14.7. The lowest BCUT2D eigenvalue weighted by Gasteiger charge is -2.04. The second kappa shape index (κ2) is 8.82. The van der Waals surface area contributed by atoms with E-state index in [9.17, 15) is 9.59 Å². The van der Waals surface area contributed by atoms with Crippen molar-refractivity contribution in [2.45, 2.75) is 12.8 Å². The van der Waals surface area contributed by atoms with E-state index in [4.69, 9.17) is 0 Å². The Morgan fingerprint density at radius 2 is 1.81 bits per heavy atom. The second-order valence-corrected chi connectivity index (χ2v) is 6.29. The van der Waals surface area contributed by atoms with Gasteiger partial charge < -0.3 is 5.32 Å². The lowest BCUT2D eigenvalue weighted by atomic mass is 10.1. The van der Waals surface area contributed by atoms with E-state index in [1.807, 2.05) is 30.3 Å². The van der Waals surface area contributed by atoms with Crippen LogP contribution in [-0.2, 0) is 17.6 Å². The third kappa shape index (κ3) is 5.18. The molecule has 0 fully saturated rings. The molecule has 8 heteroatoms. The van der Waals surface area contributed by atoms with Gasteiger partial charge in [-0.25, -0.2) is 15.0 Å². The summed E-state index contributed by atoms with van der Waals surface area (Å²) in [5.74, 6) is -0.461. The largest absolute Gasteiger partial charge is 0.355 e. The molecule has 0 aliphatic rings.